The molecule has 0 fully saturated rings. The van der Waals surface area contributed by atoms with Crippen LogP contribution in [0.5, 0.6) is 0 Å². The average Bonchev–Trinajstić information content (AvgIpc) is 3.24. The molecule has 0 saturated heterocycles. The van der Waals surface area contributed by atoms with Crippen LogP contribution in [0.4, 0.5) is 0 Å². The molecule has 0 saturated carbocycles. The van der Waals surface area contributed by atoms with Gasteiger partial charge in [0.15, 0.2) is 0 Å². The Morgan fingerprint density at radius 3 is 2.06 bits per heavy atom. The highest BCUT2D eigenvalue weighted by Gasteiger charge is 2.26. The van der Waals surface area contributed by atoms with Crippen molar-refractivity contribution in [3.63, 3.8) is 0 Å². The van der Waals surface area contributed by atoms with Crippen LogP contribution in [0, 0.1) is 0 Å². The Morgan fingerprint density at radius 1 is 0.788 bits per heavy atom. The van der Waals surface area contributed by atoms with Crippen molar-refractivity contribution in [3.05, 3.63) is 96.1 Å². The summed E-state index contributed by atoms with van der Waals surface area (Å²) in [5.41, 5.74) is 3.41. The summed E-state index contributed by atoms with van der Waals surface area (Å²) in [7, 11) is 0. The SMILES string of the molecule is CCN(CC)CCN(Cc1ccccc1)C(=O)c1c(-c2ccccc2)oc2ccccc12.Cl. The Labute approximate surface area is 202 Å². The van der Waals surface area contributed by atoms with Gasteiger partial charge in [-0.2, -0.15) is 0 Å². The molecule has 0 aliphatic heterocycles. The number of fused-ring (bicyclic) bond motifs is 1. The Hall–Kier alpha value is -3.08. The van der Waals surface area contributed by atoms with E-state index in [1.807, 2.05) is 77.7 Å². The van der Waals surface area contributed by atoms with E-state index < -0.39 is 0 Å². The molecule has 0 bridgehead atoms. The number of carbonyl (C=O) groups is 1. The average molecular weight is 463 g/mol. The van der Waals surface area contributed by atoms with Crippen LogP contribution in [0.15, 0.2) is 89.3 Å². The molecule has 172 valence electrons. The number of para-hydroxylation sites is 1. The predicted octanol–water partition coefficient (Wildman–Crippen LogP) is 6.51. The van der Waals surface area contributed by atoms with Crippen molar-refractivity contribution in [2.24, 2.45) is 0 Å². The second-order valence-electron chi connectivity index (χ2n) is 7.91. The van der Waals surface area contributed by atoms with E-state index in [2.05, 4.69) is 30.9 Å². The van der Waals surface area contributed by atoms with Gasteiger partial charge < -0.3 is 14.2 Å². The molecule has 1 heterocycles. The van der Waals surface area contributed by atoms with Crippen molar-refractivity contribution in [1.29, 1.82) is 0 Å². The van der Waals surface area contributed by atoms with Crippen molar-refractivity contribution >= 4 is 29.3 Å². The standard InChI is InChI=1S/C28H30N2O2.ClH/c1-3-29(4-2)19-20-30(21-22-13-7-5-8-14-22)28(31)26-24-17-11-12-18-25(24)32-27(26)23-15-9-6-10-16-23;/h5-18H,3-4,19-21H2,1-2H3;1H. The smallest absolute Gasteiger partial charge is 0.258 e. The first-order valence-electron chi connectivity index (χ1n) is 11.3. The number of amides is 1. The van der Waals surface area contributed by atoms with Crippen molar-refractivity contribution in [2.75, 3.05) is 26.2 Å². The van der Waals surface area contributed by atoms with E-state index in [9.17, 15) is 4.79 Å². The van der Waals surface area contributed by atoms with Crippen LogP contribution in [0.3, 0.4) is 0 Å². The maximum atomic E-state index is 14.1. The Bertz CT molecular complexity index is 1150. The first-order valence-corrected chi connectivity index (χ1v) is 11.3. The number of carbonyl (C=O) groups excluding carboxylic acids is 1. The Kier molecular flexibility index (Phi) is 8.70. The van der Waals surface area contributed by atoms with E-state index in [0.29, 0.717) is 24.4 Å². The number of hydrogen-bond acceptors (Lipinski definition) is 3. The van der Waals surface area contributed by atoms with Gasteiger partial charge in [-0.3, -0.25) is 4.79 Å². The van der Waals surface area contributed by atoms with Gasteiger partial charge in [-0.25, -0.2) is 0 Å². The quantitative estimate of drug-likeness (QED) is 0.284. The van der Waals surface area contributed by atoms with E-state index in [0.717, 1.165) is 41.7 Å². The molecule has 1 amide bonds. The molecule has 0 N–H and O–H groups in total. The lowest BCUT2D eigenvalue weighted by Crippen LogP contribution is -2.38. The van der Waals surface area contributed by atoms with E-state index in [1.165, 1.54) is 0 Å². The van der Waals surface area contributed by atoms with Crippen molar-refractivity contribution in [2.45, 2.75) is 20.4 Å². The fourth-order valence-electron chi connectivity index (χ4n) is 4.07. The van der Waals surface area contributed by atoms with Gasteiger partial charge in [-0.1, -0.05) is 92.7 Å². The maximum Gasteiger partial charge on any atom is 0.258 e. The van der Waals surface area contributed by atoms with Gasteiger partial charge in [-0.05, 0) is 24.7 Å². The van der Waals surface area contributed by atoms with Gasteiger partial charge in [0.2, 0.25) is 0 Å². The van der Waals surface area contributed by atoms with Gasteiger partial charge >= 0.3 is 0 Å². The molecule has 0 atom stereocenters. The third kappa shape index (κ3) is 5.65. The highest BCUT2D eigenvalue weighted by atomic mass is 35.5. The molecule has 1 aromatic heterocycles. The fourth-order valence-corrected chi connectivity index (χ4v) is 4.07. The largest absolute Gasteiger partial charge is 0.455 e. The molecule has 4 aromatic rings. The lowest BCUT2D eigenvalue weighted by atomic mass is 10.0. The molecule has 4 nitrogen and oxygen atoms in total. The van der Waals surface area contributed by atoms with Gasteiger partial charge in [0.1, 0.15) is 11.3 Å². The van der Waals surface area contributed by atoms with Crippen LogP contribution in [-0.4, -0.2) is 41.9 Å². The summed E-state index contributed by atoms with van der Waals surface area (Å²) in [4.78, 5) is 18.4. The van der Waals surface area contributed by atoms with Crippen LogP contribution in [0.1, 0.15) is 29.8 Å². The van der Waals surface area contributed by atoms with E-state index >= 15 is 0 Å². The fraction of sp³-hybridized carbons (Fsp3) is 0.250. The molecule has 0 spiro atoms. The molecule has 0 aliphatic rings. The third-order valence-electron chi connectivity index (χ3n) is 5.93. The first kappa shape index (κ1) is 24.6. The summed E-state index contributed by atoms with van der Waals surface area (Å²) in [6, 6.07) is 27.9. The molecular weight excluding hydrogens is 432 g/mol. The molecule has 33 heavy (non-hydrogen) atoms. The third-order valence-corrected chi connectivity index (χ3v) is 5.93. The summed E-state index contributed by atoms with van der Waals surface area (Å²) in [5.74, 6) is 0.641. The number of hydrogen-bond donors (Lipinski definition) is 0. The van der Waals surface area contributed by atoms with Gasteiger partial charge in [0.25, 0.3) is 5.91 Å². The zero-order valence-corrected chi connectivity index (χ0v) is 20.1. The maximum absolute atomic E-state index is 14.1. The Balaban J connectivity index is 0.00000306. The van der Waals surface area contributed by atoms with Gasteiger partial charge in [0.05, 0.1) is 5.56 Å². The first-order chi connectivity index (χ1) is 15.7. The molecule has 3 aromatic carbocycles. The number of nitrogens with zero attached hydrogens (tertiary/aromatic N) is 2. The number of rotatable bonds is 9. The second-order valence-corrected chi connectivity index (χ2v) is 7.91. The molecule has 0 radical (unpaired) electrons. The zero-order chi connectivity index (χ0) is 22.3. The van der Waals surface area contributed by atoms with Crippen LogP contribution in [0.2, 0.25) is 0 Å². The van der Waals surface area contributed by atoms with Crippen LogP contribution < -0.4 is 0 Å². The lowest BCUT2D eigenvalue weighted by Gasteiger charge is -2.27. The summed E-state index contributed by atoms with van der Waals surface area (Å²) in [6.07, 6.45) is 0. The minimum absolute atomic E-state index is 0. The number of benzene rings is 3. The summed E-state index contributed by atoms with van der Waals surface area (Å²) in [5, 5.41) is 0.859. The second kappa shape index (κ2) is 11.7. The summed E-state index contributed by atoms with van der Waals surface area (Å²) in [6.45, 7) is 8.30. The highest BCUT2D eigenvalue weighted by Crippen LogP contribution is 2.34. The summed E-state index contributed by atoms with van der Waals surface area (Å²) >= 11 is 0. The molecule has 0 unspecified atom stereocenters. The minimum Gasteiger partial charge on any atom is -0.455 e. The van der Waals surface area contributed by atoms with Crippen molar-refractivity contribution < 1.29 is 9.21 Å². The summed E-state index contributed by atoms with van der Waals surface area (Å²) < 4.78 is 6.22. The number of halogens is 1. The van der Waals surface area contributed by atoms with Crippen LogP contribution in [-0.2, 0) is 6.54 Å². The minimum atomic E-state index is 0. The van der Waals surface area contributed by atoms with Gasteiger partial charge in [-0.15, -0.1) is 12.4 Å². The Morgan fingerprint density at radius 2 is 1.39 bits per heavy atom. The predicted molar refractivity (Wildman–Crippen MR) is 138 cm³/mol. The monoisotopic (exact) mass is 462 g/mol. The van der Waals surface area contributed by atoms with E-state index in [1.54, 1.807) is 0 Å². The van der Waals surface area contributed by atoms with Crippen LogP contribution >= 0.6 is 12.4 Å². The number of furan rings is 1. The molecule has 5 heteroatoms. The highest BCUT2D eigenvalue weighted by molar-refractivity contribution is 6.11. The lowest BCUT2D eigenvalue weighted by molar-refractivity contribution is 0.0726. The molecular formula is C28H31ClN2O2. The van der Waals surface area contributed by atoms with E-state index in [-0.39, 0.29) is 18.3 Å². The normalized spacial score (nSPS) is 10.9. The van der Waals surface area contributed by atoms with Crippen molar-refractivity contribution in [3.8, 4) is 11.3 Å². The molecule has 0 aliphatic carbocycles. The topological polar surface area (TPSA) is 36.7 Å². The zero-order valence-electron chi connectivity index (χ0n) is 19.2. The van der Waals surface area contributed by atoms with E-state index in [4.69, 9.17) is 4.42 Å². The van der Waals surface area contributed by atoms with Crippen molar-refractivity contribution in [1.82, 2.24) is 9.80 Å². The van der Waals surface area contributed by atoms with Crippen LogP contribution in [0.25, 0.3) is 22.3 Å². The van der Waals surface area contributed by atoms with Gasteiger partial charge in [0, 0.05) is 30.6 Å². The number of likely N-dealkylation sites (N-methyl/N-ethyl adjacent to an activating group) is 1. The molecule has 4 rings (SSSR count).